The molecule has 2 amide bonds. The zero-order chi connectivity index (χ0) is 37.5. The molecule has 0 radical (unpaired) electrons. The van der Waals surface area contributed by atoms with Crippen LogP contribution in [0.3, 0.4) is 0 Å². The van der Waals surface area contributed by atoms with Gasteiger partial charge in [-0.2, -0.15) is 0 Å². The molecule has 1 N–H and O–H groups in total. The van der Waals surface area contributed by atoms with Crippen molar-refractivity contribution in [2.45, 2.75) is 0 Å². The molecule has 0 fully saturated rings. The number of nitrogens with one attached hydrogen (secondary N) is 1. The van der Waals surface area contributed by atoms with E-state index in [2.05, 4.69) is 5.32 Å². The molecule has 20 nitrogen and oxygen atoms in total. The molecule has 1 aliphatic rings. The molecular formula is C32H50N4O16. The summed E-state index contributed by atoms with van der Waals surface area (Å²) in [4.78, 5) is 44.5. The first kappa shape index (κ1) is 44.5. The number of carbonyl (C=O) groups is 2. The van der Waals surface area contributed by atoms with Gasteiger partial charge in [0, 0.05) is 24.8 Å². The molecule has 1 aromatic rings. The third-order valence-corrected chi connectivity index (χ3v) is 6.66. The van der Waals surface area contributed by atoms with Crippen LogP contribution in [0.2, 0.25) is 0 Å². The molecule has 1 aromatic carbocycles. The van der Waals surface area contributed by atoms with E-state index in [-0.39, 0.29) is 55.2 Å². The Morgan fingerprint density at radius 1 is 0.500 bits per heavy atom. The molecule has 0 aliphatic carbocycles. The Labute approximate surface area is 301 Å². The minimum atomic E-state index is -0.686. The smallest absolute Gasteiger partial charge is 0.299 e. The molecule has 20 heteroatoms. The number of hydrogen-bond acceptors (Lipinski definition) is 17. The van der Waals surface area contributed by atoms with Crippen molar-refractivity contribution in [2.24, 2.45) is 0 Å². The van der Waals surface area contributed by atoms with Crippen LogP contribution in [0.15, 0.2) is 30.4 Å². The van der Waals surface area contributed by atoms with E-state index < -0.39 is 9.85 Å². The molecule has 1 heterocycles. The zero-order valence-corrected chi connectivity index (χ0v) is 29.3. The Morgan fingerprint density at radius 3 is 1.19 bits per heavy atom. The van der Waals surface area contributed by atoms with Gasteiger partial charge in [-0.1, -0.05) is 0 Å². The van der Waals surface area contributed by atoms with E-state index in [9.17, 15) is 29.8 Å². The number of anilines is 1. The highest BCUT2D eigenvalue weighted by molar-refractivity contribution is 6.12. The number of rotatable bonds is 36. The number of nitro groups is 2. The van der Waals surface area contributed by atoms with Crippen molar-refractivity contribution in [3.8, 4) is 0 Å². The van der Waals surface area contributed by atoms with Crippen molar-refractivity contribution >= 4 is 28.9 Å². The molecule has 2 rings (SSSR count). The summed E-state index contributed by atoms with van der Waals surface area (Å²) in [5, 5.41) is 24.8. The number of ether oxygens (including phenoxy) is 10. The SMILES string of the molecule is O=C1C=CC(=O)N1CCOCCOCCOCCOCCOCCOCCOCCOCCOCCOCCNc1ccc([N+](=O)[O-])cc1[N+](=O)[O-]. The van der Waals surface area contributed by atoms with Crippen LogP contribution in [0.4, 0.5) is 17.1 Å². The highest BCUT2D eigenvalue weighted by Gasteiger charge is 2.22. The van der Waals surface area contributed by atoms with E-state index in [1.165, 1.54) is 24.3 Å². The molecule has 1 aliphatic heterocycles. The monoisotopic (exact) mass is 746 g/mol. The molecule has 0 bridgehead atoms. The highest BCUT2D eigenvalue weighted by atomic mass is 16.6. The van der Waals surface area contributed by atoms with E-state index in [4.69, 9.17) is 47.4 Å². The van der Waals surface area contributed by atoms with Gasteiger partial charge in [-0.25, -0.2) is 0 Å². The van der Waals surface area contributed by atoms with Crippen LogP contribution in [0.25, 0.3) is 0 Å². The predicted octanol–water partition coefficient (Wildman–Crippen LogP) is 1.01. The molecule has 0 saturated heterocycles. The minimum absolute atomic E-state index is 0.179. The van der Waals surface area contributed by atoms with Gasteiger partial charge in [-0.3, -0.25) is 34.7 Å². The third-order valence-electron chi connectivity index (χ3n) is 6.66. The van der Waals surface area contributed by atoms with E-state index >= 15 is 0 Å². The summed E-state index contributed by atoms with van der Waals surface area (Å²) in [7, 11) is 0. The van der Waals surface area contributed by atoms with Crippen molar-refractivity contribution in [1.82, 2.24) is 4.90 Å². The van der Waals surface area contributed by atoms with E-state index in [1.807, 2.05) is 0 Å². The summed E-state index contributed by atoms with van der Waals surface area (Å²) < 4.78 is 54.2. The first-order valence-electron chi connectivity index (χ1n) is 16.9. The maximum absolute atomic E-state index is 11.4. The van der Waals surface area contributed by atoms with Crippen LogP contribution >= 0.6 is 0 Å². The Morgan fingerprint density at radius 2 is 0.846 bits per heavy atom. The number of imide groups is 1. The second-order valence-electron chi connectivity index (χ2n) is 10.4. The predicted molar refractivity (Wildman–Crippen MR) is 182 cm³/mol. The summed E-state index contributed by atoms with van der Waals surface area (Å²) in [5.41, 5.74) is -0.544. The lowest BCUT2D eigenvalue weighted by Crippen LogP contribution is -2.33. The fraction of sp³-hybridized carbons (Fsp3) is 0.688. The Balaban J connectivity index is 1.20. The van der Waals surface area contributed by atoms with E-state index in [0.717, 1.165) is 11.0 Å². The van der Waals surface area contributed by atoms with Crippen molar-refractivity contribution in [3.05, 3.63) is 50.6 Å². The molecule has 0 unspecified atom stereocenters. The average molecular weight is 747 g/mol. The largest absolute Gasteiger partial charge is 0.377 e. The van der Waals surface area contributed by atoms with Crippen LogP contribution in [0.5, 0.6) is 0 Å². The van der Waals surface area contributed by atoms with Gasteiger partial charge in [0.25, 0.3) is 23.2 Å². The van der Waals surface area contributed by atoms with Gasteiger partial charge in [0.1, 0.15) is 5.69 Å². The van der Waals surface area contributed by atoms with Gasteiger partial charge in [0.05, 0.1) is 155 Å². The number of hydrogen-bond donors (Lipinski definition) is 1. The van der Waals surface area contributed by atoms with Crippen LogP contribution in [-0.2, 0) is 57.0 Å². The standard InChI is InChI=1S/C32H50N4O16/c37-31-3-4-32(38)34(31)6-8-44-10-12-46-14-16-48-18-20-50-22-24-52-26-25-51-23-21-49-19-17-47-15-13-45-11-9-43-7-5-33-29-2-1-28(35(39)40)27-30(29)36(41)42/h1-4,27,33H,5-26H2. The number of nitro benzene ring substituents is 2. The lowest BCUT2D eigenvalue weighted by atomic mass is 10.2. The topological polar surface area (TPSA) is 228 Å². The molecule has 294 valence electrons. The molecule has 0 saturated carbocycles. The molecule has 0 aromatic heterocycles. The first-order chi connectivity index (χ1) is 25.4. The second-order valence-corrected chi connectivity index (χ2v) is 10.4. The summed E-state index contributed by atoms with van der Waals surface area (Å²) in [6.07, 6.45) is 2.49. The normalized spacial score (nSPS) is 12.7. The maximum Gasteiger partial charge on any atom is 0.299 e. The Bertz CT molecular complexity index is 1170. The van der Waals surface area contributed by atoms with Crippen LogP contribution in [0.1, 0.15) is 0 Å². The van der Waals surface area contributed by atoms with E-state index in [1.54, 1.807) is 0 Å². The van der Waals surface area contributed by atoms with Crippen LogP contribution in [-0.4, -0.2) is 172 Å². The number of carbonyl (C=O) groups excluding carboxylic acids is 2. The molecule has 52 heavy (non-hydrogen) atoms. The highest BCUT2D eigenvalue weighted by Crippen LogP contribution is 2.28. The van der Waals surface area contributed by atoms with Crippen molar-refractivity contribution < 1.29 is 66.8 Å². The Kier molecular flexibility index (Phi) is 25.5. The van der Waals surface area contributed by atoms with E-state index in [0.29, 0.717) is 119 Å². The number of non-ortho nitro benzene ring substituents is 1. The Hall–Kier alpha value is -3.70. The van der Waals surface area contributed by atoms with Gasteiger partial charge in [0.2, 0.25) is 0 Å². The van der Waals surface area contributed by atoms with Crippen molar-refractivity contribution in [2.75, 3.05) is 151 Å². The number of amides is 2. The molecule has 0 atom stereocenters. The summed E-state index contributed by atoms with van der Waals surface area (Å²) in [6, 6.07) is 3.41. The van der Waals surface area contributed by atoms with Gasteiger partial charge < -0.3 is 52.7 Å². The lowest BCUT2D eigenvalue weighted by Gasteiger charge is -2.13. The zero-order valence-electron chi connectivity index (χ0n) is 29.3. The fourth-order valence-corrected chi connectivity index (χ4v) is 4.08. The number of benzene rings is 1. The van der Waals surface area contributed by atoms with Gasteiger partial charge >= 0.3 is 0 Å². The van der Waals surface area contributed by atoms with Gasteiger partial charge in [-0.05, 0) is 6.07 Å². The molecular weight excluding hydrogens is 696 g/mol. The second kappa shape index (κ2) is 29.8. The van der Waals surface area contributed by atoms with Gasteiger partial charge in [-0.15, -0.1) is 0 Å². The first-order valence-corrected chi connectivity index (χ1v) is 16.9. The number of nitrogens with zero attached hydrogens (tertiary/aromatic N) is 3. The summed E-state index contributed by atoms with van der Waals surface area (Å²) >= 11 is 0. The van der Waals surface area contributed by atoms with Crippen LogP contribution in [0, 0.1) is 20.2 Å². The quantitative estimate of drug-likeness (QED) is 0.0437. The third kappa shape index (κ3) is 21.6. The molecule has 0 spiro atoms. The minimum Gasteiger partial charge on any atom is -0.377 e. The fourth-order valence-electron chi connectivity index (χ4n) is 4.08. The lowest BCUT2D eigenvalue weighted by molar-refractivity contribution is -0.393. The maximum atomic E-state index is 11.4. The summed E-state index contributed by atoms with van der Waals surface area (Å²) in [6.45, 7) is 8.55. The van der Waals surface area contributed by atoms with Crippen molar-refractivity contribution in [1.29, 1.82) is 0 Å². The van der Waals surface area contributed by atoms with Crippen molar-refractivity contribution in [3.63, 3.8) is 0 Å². The van der Waals surface area contributed by atoms with Gasteiger partial charge in [0.15, 0.2) is 0 Å². The van der Waals surface area contributed by atoms with Crippen LogP contribution < -0.4 is 5.32 Å². The average Bonchev–Trinajstić information content (AvgIpc) is 3.45. The summed E-state index contributed by atoms with van der Waals surface area (Å²) in [5.74, 6) is -0.638.